The number of nitrogens with zero attached hydrogens (tertiary/aromatic N) is 2. The molecule has 0 bridgehead atoms. The molecule has 2 fully saturated rings. The lowest BCUT2D eigenvalue weighted by Gasteiger charge is -2.41. The van der Waals surface area contributed by atoms with Gasteiger partial charge in [-0.1, -0.05) is 6.07 Å². The van der Waals surface area contributed by atoms with Gasteiger partial charge in [0.05, 0.1) is 24.1 Å². The first-order chi connectivity index (χ1) is 17.5. The molecule has 0 aliphatic carbocycles. The minimum atomic E-state index is -4.49. The van der Waals surface area contributed by atoms with Gasteiger partial charge in [0.25, 0.3) is 0 Å². The van der Waals surface area contributed by atoms with E-state index >= 15 is 0 Å². The summed E-state index contributed by atoms with van der Waals surface area (Å²) in [5, 5.41) is 10.1. The van der Waals surface area contributed by atoms with Gasteiger partial charge in [-0.3, -0.25) is 4.79 Å². The van der Waals surface area contributed by atoms with E-state index in [-0.39, 0.29) is 24.4 Å². The highest BCUT2D eigenvalue weighted by Crippen LogP contribution is 2.41. The molecule has 1 aromatic carbocycles. The number of rotatable bonds is 4. The molecule has 10 heteroatoms. The van der Waals surface area contributed by atoms with Gasteiger partial charge in [0.15, 0.2) is 0 Å². The second-order valence-electron chi connectivity index (χ2n) is 12.3. The fraction of sp³-hybridized carbons (Fsp3) is 0.714. The number of anilines is 1. The van der Waals surface area contributed by atoms with Gasteiger partial charge >= 0.3 is 18.2 Å². The van der Waals surface area contributed by atoms with Crippen molar-refractivity contribution in [1.29, 1.82) is 0 Å². The molecule has 2 atom stereocenters. The van der Waals surface area contributed by atoms with E-state index in [1.165, 1.54) is 17.0 Å². The van der Waals surface area contributed by atoms with Crippen LogP contribution in [0.2, 0.25) is 0 Å². The van der Waals surface area contributed by atoms with Gasteiger partial charge in [-0.15, -0.1) is 0 Å². The van der Waals surface area contributed by atoms with Gasteiger partial charge in [0.1, 0.15) is 11.2 Å². The van der Waals surface area contributed by atoms with Crippen molar-refractivity contribution < 1.29 is 37.3 Å². The molecular weight excluding hydrogens is 501 g/mol. The average Bonchev–Trinajstić information content (AvgIpc) is 2.80. The van der Waals surface area contributed by atoms with Crippen molar-refractivity contribution in [3.05, 3.63) is 29.3 Å². The Labute approximate surface area is 223 Å². The maximum absolute atomic E-state index is 13.7. The summed E-state index contributed by atoms with van der Waals surface area (Å²) in [4.78, 5) is 28.7. The first-order valence-electron chi connectivity index (χ1n) is 13.3. The van der Waals surface area contributed by atoms with Crippen molar-refractivity contribution in [2.45, 2.75) is 96.6 Å². The Morgan fingerprint density at radius 1 is 0.947 bits per heavy atom. The van der Waals surface area contributed by atoms with Crippen molar-refractivity contribution in [3.63, 3.8) is 0 Å². The SMILES string of the molecule is CC(C)(C)OC(=O)C1CCN(c2cc(C(F)(F)F)ccc2C2CCN(C(=O)OC(C)(C)C)[C@H](CO)C2)CC1. The Bertz CT molecular complexity index is 992. The highest BCUT2D eigenvalue weighted by atomic mass is 19.4. The Morgan fingerprint density at radius 3 is 2.08 bits per heavy atom. The van der Waals surface area contributed by atoms with E-state index in [1.54, 1.807) is 20.8 Å². The van der Waals surface area contributed by atoms with Crippen LogP contribution < -0.4 is 4.90 Å². The fourth-order valence-electron chi connectivity index (χ4n) is 5.15. The third kappa shape index (κ3) is 7.77. The summed E-state index contributed by atoms with van der Waals surface area (Å²) in [6, 6.07) is 3.31. The molecule has 7 nitrogen and oxygen atoms in total. The van der Waals surface area contributed by atoms with Gasteiger partial charge in [-0.25, -0.2) is 4.79 Å². The van der Waals surface area contributed by atoms with Crippen molar-refractivity contribution in [2.75, 3.05) is 31.1 Å². The minimum absolute atomic E-state index is 0.147. The summed E-state index contributed by atoms with van der Waals surface area (Å²) >= 11 is 0. The molecule has 0 radical (unpaired) electrons. The number of aliphatic hydroxyl groups is 1. The standard InChI is InChI=1S/C28H41F3N2O5/c1-26(2,3)37-24(35)18-9-12-32(13-10-18)23-16-20(28(29,30)31)7-8-22(23)19-11-14-33(21(15-19)17-34)25(36)38-27(4,5)6/h7-8,16,18-19,21,34H,9-15,17H2,1-6H3/t19?,21-/m0/s1. The quantitative estimate of drug-likeness (QED) is 0.489. The molecule has 2 heterocycles. The van der Waals surface area contributed by atoms with Crippen LogP contribution in [0.5, 0.6) is 0 Å². The van der Waals surface area contributed by atoms with Gasteiger partial charge in [-0.2, -0.15) is 13.2 Å². The van der Waals surface area contributed by atoms with Gasteiger partial charge in [0.2, 0.25) is 0 Å². The van der Waals surface area contributed by atoms with Crippen molar-refractivity contribution in [2.24, 2.45) is 5.92 Å². The van der Waals surface area contributed by atoms with E-state index in [4.69, 9.17) is 9.47 Å². The van der Waals surface area contributed by atoms with Crippen LogP contribution in [0.1, 0.15) is 84.3 Å². The predicted molar refractivity (Wildman–Crippen MR) is 138 cm³/mol. The molecule has 214 valence electrons. The van der Waals surface area contributed by atoms with E-state index in [0.717, 1.165) is 11.6 Å². The zero-order chi connectivity index (χ0) is 28.5. The molecular formula is C28H41F3N2O5. The molecule has 0 aromatic heterocycles. The number of ether oxygens (including phenoxy) is 2. The van der Waals surface area contributed by atoms with Crippen molar-refractivity contribution >= 4 is 17.7 Å². The lowest BCUT2D eigenvalue weighted by molar-refractivity contribution is -0.160. The summed E-state index contributed by atoms with van der Waals surface area (Å²) in [7, 11) is 0. The number of amides is 1. The zero-order valence-corrected chi connectivity index (χ0v) is 23.2. The van der Waals surface area contributed by atoms with Crippen molar-refractivity contribution in [3.8, 4) is 0 Å². The lowest BCUT2D eigenvalue weighted by atomic mass is 9.83. The second-order valence-corrected chi connectivity index (χ2v) is 12.3. The van der Waals surface area contributed by atoms with E-state index in [9.17, 15) is 27.9 Å². The van der Waals surface area contributed by atoms with Crippen LogP contribution in [0, 0.1) is 5.92 Å². The normalized spacial score (nSPS) is 21.8. The van der Waals surface area contributed by atoms with Crippen LogP contribution in [-0.2, 0) is 20.4 Å². The van der Waals surface area contributed by atoms with Crippen molar-refractivity contribution in [1.82, 2.24) is 4.90 Å². The number of piperidine rings is 2. The summed E-state index contributed by atoms with van der Waals surface area (Å²) in [6.45, 7) is 11.6. The first kappa shape index (κ1) is 30.1. The lowest BCUT2D eigenvalue weighted by Crippen LogP contribution is -2.49. The molecule has 1 N–H and O–H groups in total. The maximum atomic E-state index is 13.7. The molecule has 0 spiro atoms. The molecule has 1 aromatic rings. The number of hydrogen-bond donors (Lipinski definition) is 1. The number of esters is 1. The molecule has 2 saturated heterocycles. The summed E-state index contributed by atoms with van der Waals surface area (Å²) in [6.07, 6.45) is -3.09. The maximum Gasteiger partial charge on any atom is 0.416 e. The number of likely N-dealkylation sites (tertiary alicyclic amines) is 1. The molecule has 2 aliphatic rings. The number of hydrogen-bond acceptors (Lipinski definition) is 6. The second kappa shape index (κ2) is 11.3. The predicted octanol–water partition coefficient (Wildman–Crippen LogP) is 5.74. The molecule has 38 heavy (non-hydrogen) atoms. The van der Waals surface area contributed by atoms with Crippen LogP contribution in [-0.4, -0.2) is 65.6 Å². The van der Waals surface area contributed by atoms with Crippen LogP contribution in [0.3, 0.4) is 0 Å². The molecule has 0 saturated carbocycles. The zero-order valence-electron chi connectivity index (χ0n) is 23.2. The third-order valence-electron chi connectivity index (χ3n) is 6.93. The molecule has 2 aliphatic heterocycles. The van der Waals surface area contributed by atoms with E-state index in [1.807, 2.05) is 25.7 Å². The monoisotopic (exact) mass is 542 g/mol. The summed E-state index contributed by atoms with van der Waals surface area (Å²) in [5.74, 6) is -0.719. The average molecular weight is 543 g/mol. The Balaban J connectivity index is 1.82. The molecule has 1 unspecified atom stereocenters. The van der Waals surface area contributed by atoms with Gasteiger partial charge in [-0.05, 0) is 90.8 Å². The van der Waals surface area contributed by atoms with E-state index < -0.39 is 35.1 Å². The molecule has 3 rings (SSSR count). The summed E-state index contributed by atoms with van der Waals surface area (Å²) < 4.78 is 52.0. The number of benzene rings is 1. The van der Waals surface area contributed by atoms with Crippen LogP contribution in [0.25, 0.3) is 0 Å². The van der Waals surface area contributed by atoms with E-state index in [2.05, 4.69) is 0 Å². The Morgan fingerprint density at radius 2 is 1.55 bits per heavy atom. The van der Waals surface area contributed by atoms with Crippen LogP contribution in [0.4, 0.5) is 23.7 Å². The fourth-order valence-corrected chi connectivity index (χ4v) is 5.15. The largest absolute Gasteiger partial charge is 0.460 e. The Hall–Kier alpha value is -2.49. The minimum Gasteiger partial charge on any atom is -0.460 e. The molecule has 1 amide bonds. The Kier molecular flexibility index (Phi) is 8.95. The number of halogens is 3. The van der Waals surface area contributed by atoms with E-state index in [0.29, 0.717) is 51.0 Å². The number of carbonyl (C=O) groups excluding carboxylic acids is 2. The number of alkyl halides is 3. The first-order valence-corrected chi connectivity index (χ1v) is 13.3. The summed E-state index contributed by atoms with van der Waals surface area (Å²) in [5.41, 5.74) is -0.749. The van der Waals surface area contributed by atoms with Crippen LogP contribution in [0.15, 0.2) is 18.2 Å². The number of aliphatic hydroxyl groups excluding tert-OH is 1. The highest BCUT2D eigenvalue weighted by Gasteiger charge is 2.38. The topological polar surface area (TPSA) is 79.3 Å². The van der Waals surface area contributed by atoms with Gasteiger partial charge < -0.3 is 24.4 Å². The third-order valence-corrected chi connectivity index (χ3v) is 6.93. The van der Waals surface area contributed by atoms with Gasteiger partial charge in [0, 0.05) is 25.3 Å². The number of carbonyl (C=O) groups is 2. The van der Waals surface area contributed by atoms with Crippen LogP contribution >= 0.6 is 0 Å². The highest BCUT2D eigenvalue weighted by molar-refractivity contribution is 5.73. The smallest absolute Gasteiger partial charge is 0.416 e.